The summed E-state index contributed by atoms with van der Waals surface area (Å²) in [5, 5.41) is 8.33. The van der Waals surface area contributed by atoms with Crippen LogP contribution in [0.15, 0.2) is 51.8 Å². The number of rotatable bonds is 5. The molecule has 2 aliphatic heterocycles. The molecule has 3 aromatic rings. The van der Waals surface area contributed by atoms with Crippen molar-refractivity contribution in [3.8, 4) is 23.0 Å². The Labute approximate surface area is 185 Å². The van der Waals surface area contributed by atoms with Crippen molar-refractivity contribution in [3.63, 3.8) is 0 Å². The Morgan fingerprint density at radius 3 is 2.62 bits per heavy atom. The fourth-order valence-electron chi connectivity index (χ4n) is 3.92. The van der Waals surface area contributed by atoms with Crippen molar-refractivity contribution >= 4 is 15.8 Å². The summed E-state index contributed by atoms with van der Waals surface area (Å²) >= 11 is 0. The molecule has 3 heterocycles. The molecule has 0 bridgehead atoms. The molecule has 9 nitrogen and oxygen atoms in total. The normalized spacial score (nSPS) is 18.6. The lowest BCUT2D eigenvalue weighted by Gasteiger charge is -2.30. The molecule has 1 aromatic heterocycles. The standard InChI is InChI=1S/C22H21N3O6S/c1-14(26)15-4-7-18(8-5-15)32(27,28)25-10-2-3-17(12-25)22-24-23-21(31-22)16-6-9-19-20(11-16)30-13-29-19/h4-9,11,17H,2-3,10,12-13H2,1H3. The Morgan fingerprint density at radius 2 is 1.84 bits per heavy atom. The number of sulfonamides is 1. The second-order valence-electron chi connectivity index (χ2n) is 7.80. The number of carbonyl (C=O) groups is 1. The molecule has 166 valence electrons. The van der Waals surface area contributed by atoms with Crippen molar-refractivity contribution in [2.24, 2.45) is 0 Å². The molecule has 1 saturated heterocycles. The number of carbonyl (C=O) groups excluding carboxylic acids is 1. The van der Waals surface area contributed by atoms with Crippen LogP contribution in [0.3, 0.4) is 0 Å². The zero-order valence-electron chi connectivity index (χ0n) is 17.4. The lowest BCUT2D eigenvalue weighted by molar-refractivity contribution is 0.101. The summed E-state index contributed by atoms with van der Waals surface area (Å²) in [6.07, 6.45) is 1.43. The zero-order chi connectivity index (χ0) is 22.3. The van der Waals surface area contributed by atoms with E-state index < -0.39 is 10.0 Å². The van der Waals surface area contributed by atoms with Crippen LogP contribution in [0.4, 0.5) is 0 Å². The molecule has 1 unspecified atom stereocenters. The van der Waals surface area contributed by atoms with Crippen molar-refractivity contribution in [1.82, 2.24) is 14.5 Å². The van der Waals surface area contributed by atoms with E-state index in [1.54, 1.807) is 12.1 Å². The first kappa shape index (κ1) is 20.7. The fraction of sp³-hybridized carbons (Fsp3) is 0.318. The third-order valence-corrected chi connectivity index (χ3v) is 7.57. The number of fused-ring (bicyclic) bond motifs is 1. The van der Waals surface area contributed by atoms with Gasteiger partial charge in [-0.15, -0.1) is 10.2 Å². The smallest absolute Gasteiger partial charge is 0.247 e. The van der Waals surface area contributed by atoms with E-state index in [9.17, 15) is 13.2 Å². The van der Waals surface area contributed by atoms with E-state index >= 15 is 0 Å². The maximum absolute atomic E-state index is 13.1. The Hall–Kier alpha value is -3.24. The number of ether oxygens (including phenoxy) is 2. The predicted octanol–water partition coefficient (Wildman–Crippen LogP) is 3.24. The second kappa shape index (κ2) is 8.03. The van der Waals surface area contributed by atoms with Gasteiger partial charge in [0, 0.05) is 24.2 Å². The summed E-state index contributed by atoms with van der Waals surface area (Å²) in [6, 6.07) is 11.4. The second-order valence-corrected chi connectivity index (χ2v) is 9.73. The molecule has 0 N–H and O–H groups in total. The van der Waals surface area contributed by atoms with Crippen molar-refractivity contribution < 1.29 is 27.1 Å². The largest absolute Gasteiger partial charge is 0.454 e. The first-order valence-electron chi connectivity index (χ1n) is 10.3. The van der Waals surface area contributed by atoms with E-state index in [-0.39, 0.29) is 29.9 Å². The van der Waals surface area contributed by atoms with Crippen LogP contribution in [0, 0.1) is 0 Å². The fourth-order valence-corrected chi connectivity index (χ4v) is 5.44. The van der Waals surface area contributed by atoms with Crippen LogP contribution < -0.4 is 9.47 Å². The van der Waals surface area contributed by atoms with Crippen molar-refractivity contribution in [3.05, 3.63) is 53.9 Å². The van der Waals surface area contributed by atoms with Gasteiger partial charge >= 0.3 is 0 Å². The van der Waals surface area contributed by atoms with Crippen molar-refractivity contribution in [1.29, 1.82) is 0 Å². The van der Waals surface area contributed by atoms with Crippen LogP contribution >= 0.6 is 0 Å². The molecule has 0 amide bonds. The van der Waals surface area contributed by atoms with Gasteiger partial charge in [0.1, 0.15) is 0 Å². The van der Waals surface area contributed by atoms with Crippen LogP contribution in [0.1, 0.15) is 41.9 Å². The highest BCUT2D eigenvalue weighted by atomic mass is 32.2. The van der Waals surface area contributed by atoms with Gasteiger partial charge in [0.25, 0.3) is 0 Å². The first-order chi connectivity index (χ1) is 15.4. The zero-order valence-corrected chi connectivity index (χ0v) is 18.2. The maximum Gasteiger partial charge on any atom is 0.247 e. The number of aromatic nitrogens is 2. The van der Waals surface area contributed by atoms with E-state index in [0.29, 0.717) is 47.4 Å². The quantitative estimate of drug-likeness (QED) is 0.539. The van der Waals surface area contributed by atoms with Crippen LogP contribution in [0.25, 0.3) is 11.5 Å². The van der Waals surface area contributed by atoms with Gasteiger partial charge in [-0.3, -0.25) is 4.79 Å². The van der Waals surface area contributed by atoms with E-state index in [1.165, 1.54) is 35.5 Å². The Balaban J connectivity index is 1.34. The highest BCUT2D eigenvalue weighted by Gasteiger charge is 2.33. The minimum Gasteiger partial charge on any atom is -0.454 e. The monoisotopic (exact) mass is 455 g/mol. The number of piperidine rings is 1. The lowest BCUT2D eigenvalue weighted by Crippen LogP contribution is -2.39. The van der Waals surface area contributed by atoms with Crippen LogP contribution in [-0.4, -0.2) is 48.6 Å². The topological polar surface area (TPSA) is 112 Å². The van der Waals surface area contributed by atoms with Gasteiger partial charge in [0.05, 0.1) is 10.8 Å². The number of ketones is 1. The third-order valence-electron chi connectivity index (χ3n) is 5.69. The molecule has 2 aromatic carbocycles. The minimum absolute atomic E-state index is 0.110. The molecular formula is C22H21N3O6S. The van der Waals surface area contributed by atoms with Crippen molar-refractivity contribution in [2.45, 2.75) is 30.6 Å². The molecular weight excluding hydrogens is 434 g/mol. The summed E-state index contributed by atoms with van der Waals surface area (Å²) in [5.74, 6) is 1.72. The van der Waals surface area contributed by atoms with Gasteiger partial charge in [-0.05, 0) is 50.1 Å². The van der Waals surface area contributed by atoms with Gasteiger partial charge in [0.15, 0.2) is 17.3 Å². The van der Waals surface area contributed by atoms with Gasteiger partial charge in [-0.1, -0.05) is 12.1 Å². The highest BCUT2D eigenvalue weighted by Crippen LogP contribution is 2.36. The Morgan fingerprint density at radius 1 is 1.06 bits per heavy atom. The van der Waals surface area contributed by atoms with Crippen LogP contribution in [0.2, 0.25) is 0 Å². The average molecular weight is 455 g/mol. The van der Waals surface area contributed by atoms with E-state index in [2.05, 4.69) is 10.2 Å². The van der Waals surface area contributed by atoms with E-state index in [0.717, 1.165) is 6.42 Å². The summed E-state index contributed by atoms with van der Waals surface area (Å²) in [6.45, 7) is 2.29. The predicted molar refractivity (Wildman–Crippen MR) is 113 cm³/mol. The van der Waals surface area contributed by atoms with Gasteiger partial charge < -0.3 is 13.9 Å². The van der Waals surface area contributed by atoms with Gasteiger partial charge in [0.2, 0.25) is 28.6 Å². The number of benzene rings is 2. The van der Waals surface area contributed by atoms with Crippen LogP contribution in [0.5, 0.6) is 11.5 Å². The highest BCUT2D eigenvalue weighted by molar-refractivity contribution is 7.89. The Kier molecular flexibility index (Phi) is 5.18. The lowest BCUT2D eigenvalue weighted by atomic mass is 10.00. The number of hydrogen-bond donors (Lipinski definition) is 0. The summed E-state index contributed by atoms with van der Waals surface area (Å²) in [5.41, 5.74) is 1.18. The molecule has 10 heteroatoms. The van der Waals surface area contributed by atoms with Crippen molar-refractivity contribution in [2.75, 3.05) is 19.9 Å². The molecule has 0 spiro atoms. The molecule has 0 aliphatic carbocycles. The number of Topliss-reactive ketones (excluding diaryl/α,β-unsaturated/α-hetero) is 1. The van der Waals surface area contributed by atoms with E-state index in [4.69, 9.17) is 13.9 Å². The summed E-state index contributed by atoms with van der Waals surface area (Å²) in [7, 11) is -3.70. The SMILES string of the molecule is CC(=O)c1ccc(S(=O)(=O)N2CCCC(c3nnc(-c4ccc5c(c4)OCO5)o3)C2)cc1. The molecule has 5 rings (SSSR count). The van der Waals surface area contributed by atoms with E-state index in [1.807, 2.05) is 6.07 Å². The summed E-state index contributed by atoms with van der Waals surface area (Å²) < 4.78 is 44.3. The third kappa shape index (κ3) is 3.76. The first-order valence-corrected chi connectivity index (χ1v) is 11.7. The molecule has 0 saturated carbocycles. The van der Waals surface area contributed by atoms with Crippen LogP contribution in [-0.2, 0) is 10.0 Å². The summed E-state index contributed by atoms with van der Waals surface area (Å²) in [4.78, 5) is 11.6. The Bertz CT molecular complexity index is 1270. The van der Waals surface area contributed by atoms with Gasteiger partial charge in [-0.2, -0.15) is 4.31 Å². The molecule has 32 heavy (non-hydrogen) atoms. The average Bonchev–Trinajstić information content (AvgIpc) is 3.48. The molecule has 0 radical (unpaired) electrons. The number of hydrogen-bond acceptors (Lipinski definition) is 8. The molecule has 1 fully saturated rings. The minimum atomic E-state index is -3.70. The number of nitrogens with zero attached hydrogens (tertiary/aromatic N) is 3. The molecule has 1 atom stereocenters. The molecule has 2 aliphatic rings. The van der Waals surface area contributed by atoms with Gasteiger partial charge in [-0.25, -0.2) is 8.42 Å². The maximum atomic E-state index is 13.1.